The topological polar surface area (TPSA) is 72.5 Å². The van der Waals surface area contributed by atoms with Gasteiger partial charge in [0.1, 0.15) is 23.5 Å². The first-order valence-electron chi connectivity index (χ1n) is 9.89. The maximum absolute atomic E-state index is 9.13. The largest absolute Gasteiger partial charge is 0.383 e. The number of ether oxygens (including phenoxy) is 2. The van der Waals surface area contributed by atoms with Gasteiger partial charge in [0, 0.05) is 37.7 Å². The Hall–Kier alpha value is -2.54. The van der Waals surface area contributed by atoms with Gasteiger partial charge >= 0.3 is 0 Å². The number of likely N-dealkylation sites (tertiary alicyclic amines) is 2. The Balaban J connectivity index is 2.11. The normalized spacial score (nSPS) is 21.4. The Morgan fingerprint density at radius 3 is 1.79 bits per heavy atom. The summed E-state index contributed by atoms with van der Waals surface area (Å²) in [5, 5.41) is 20.0. The van der Waals surface area contributed by atoms with Crippen molar-refractivity contribution in [2.24, 2.45) is 0 Å². The van der Waals surface area contributed by atoms with Gasteiger partial charge in [0.25, 0.3) is 0 Å². The summed E-state index contributed by atoms with van der Waals surface area (Å²) in [6, 6.07) is 12.5. The van der Waals surface area contributed by atoms with Crippen molar-refractivity contribution in [2.75, 3.05) is 40.5 Å². The van der Waals surface area contributed by atoms with Gasteiger partial charge in [0.2, 0.25) is 0 Å². The highest BCUT2D eigenvalue weighted by Gasteiger charge is 2.34. The molecule has 2 fully saturated rings. The lowest BCUT2D eigenvalue weighted by Crippen LogP contribution is -2.45. The van der Waals surface area contributed by atoms with Crippen LogP contribution in [0.4, 0.5) is 0 Å². The Kier molecular flexibility index (Phi) is 6.92. The monoisotopic (exact) mass is 380 g/mol. The molecule has 0 unspecified atom stereocenters. The number of rotatable bonds is 6. The Labute approximate surface area is 166 Å². The third-order valence-electron chi connectivity index (χ3n) is 5.67. The average Bonchev–Trinajstić information content (AvgIpc) is 3.36. The molecule has 0 aromatic heterocycles. The molecule has 2 atom stereocenters. The van der Waals surface area contributed by atoms with Gasteiger partial charge in [-0.1, -0.05) is 24.3 Å². The molecule has 28 heavy (non-hydrogen) atoms. The van der Waals surface area contributed by atoms with Gasteiger partial charge in [-0.2, -0.15) is 10.5 Å². The minimum atomic E-state index is 0.143. The summed E-state index contributed by atoms with van der Waals surface area (Å²) in [5.74, 6) is 1.22. The van der Waals surface area contributed by atoms with E-state index in [0.29, 0.717) is 30.5 Å². The number of hydrogen-bond donors (Lipinski definition) is 0. The van der Waals surface area contributed by atoms with Gasteiger partial charge in [0.05, 0.1) is 25.3 Å². The van der Waals surface area contributed by atoms with E-state index in [0.717, 1.165) is 44.0 Å². The molecule has 0 spiro atoms. The first-order chi connectivity index (χ1) is 13.7. The second kappa shape index (κ2) is 9.59. The second-order valence-electron chi connectivity index (χ2n) is 7.39. The van der Waals surface area contributed by atoms with E-state index in [1.165, 1.54) is 5.82 Å². The predicted octanol–water partition coefficient (Wildman–Crippen LogP) is 1.17. The molecule has 0 amide bonds. The van der Waals surface area contributed by atoms with Gasteiger partial charge in [-0.25, -0.2) is 0 Å². The number of benzene rings is 1. The summed E-state index contributed by atoms with van der Waals surface area (Å²) in [5.41, 5.74) is 0.143. The lowest BCUT2D eigenvalue weighted by atomic mass is 10.1. The fraction of sp³-hybridized carbons (Fsp3) is 0.545. The predicted molar refractivity (Wildman–Crippen MR) is 107 cm³/mol. The average molecular weight is 380 g/mol. The van der Waals surface area contributed by atoms with Gasteiger partial charge in [-0.3, -0.25) is 0 Å². The molecule has 6 nitrogen and oxygen atoms in total. The minimum absolute atomic E-state index is 0.143. The first kappa shape index (κ1) is 20.2. The highest BCUT2D eigenvalue weighted by atomic mass is 16.5. The molecule has 0 radical (unpaired) electrons. The van der Waals surface area contributed by atoms with Crippen molar-refractivity contribution in [3.8, 4) is 12.1 Å². The van der Waals surface area contributed by atoms with Crippen molar-refractivity contribution in [3.05, 3.63) is 34.7 Å². The quantitative estimate of drug-likeness (QED) is 0.738. The number of nitriles is 2. The summed E-state index contributed by atoms with van der Waals surface area (Å²) in [6.45, 7) is 3.44. The first-order valence-corrected chi connectivity index (χ1v) is 9.89. The van der Waals surface area contributed by atoms with E-state index < -0.39 is 0 Å². The summed E-state index contributed by atoms with van der Waals surface area (Å²) < 4.78 is 11.0. The van der Waals surface area contributed by atoms with E-state index >= 15 is 0 Å². The van der Waals surface area contributed by atoms with Crippen LogP contribution < -0.4 is 10.4 Å². The Bertz CT molecular complexity index is 818. The van der Waals surface area contributed by atoms with Gasteiger partial charge in [-0.15, -0.1) is 0 Å². The number of hydrogen-bond acceptors (Lipinski definition) is 6. The molecule has 1 aromatic carbocycles. The molecule has 2 heterocycles. The van der Waals surface area contributed by atoms with Crippen molar-refractivity contribution >= 4 is 11.4 Å². The van der Waals surface area contributed by atoms with Crippen LogP contribution in [-0.2, 0) is 9.47 Å². The summed E-state index contributed by atoms with van der Waals surface area (Å²) in [6.07, 6.45) is 4.55. The molecule has 1 aromatic rings. The van der Waals surface area contributed by atoms with Crippen LogP contribution in [-0.4, -0.2) is 62.4 Å². The zero-order valence-electron chi connectivity index (χ0n) is 16.7. The van der Waals surface area contributed by atoms with Crippen LogP contribution >= 0.6 is 0 Å². The molecule has 148 valence electrons. The van der Waals surface area contributed by atoms with Crippen LogP contribution in [0, 0.1) is 22.7 Å². The third-order valence-corrected chi connectivity index (χ3v) is 5.67. The van der Waals surface area contributed by atoms with Crippen molar-refractivity contribution in [1.29, 1.82) is 10.5 Å². The van der Waals surface area contributed by atoms with Gasteiger partial charge in [-0.05, 0) is 25.7 Å². The van der Waals surface area contributed by atoms with Crippen molar-refractivity contribution in [3.63, 3.8) is 0 Å². The number of nitrogens with zero attached hydrogens (tertiary/aromatic N) is 4. The van der Waals surface area contributed by atoms with Gasteiger partial charge in [0.15, 0.2) is 0 Å². The molecule has 2 saturated heterocycles. The molecule has 3 rings (SSSR count). The molecular weight excluding hydrogens is 352 g/mol. The van der Waals surface area contributed by atoms with Crippen molar-refractivity contribution in [1.82, 2.24) is 9.80 Å². The van der Waals surface area contributed by atoms with Crippen LogP contribution in [0.15, 0.2) is 24.3 Å². The maximum atomic E-state index is 9.13. The smallest absolute Gasteiger partial charge is 0.136 e. The van der Waals surface area contributed by atoms with Crippen LogP contribution in [0.3, 0.4) is 0 Å². The fourth-order valence-electron chi connectivity index (χ4n) is 4.40. The van der Waals surface area contributed by atoms with E-state index in [1.807, 2.05) is 36.4 Å². The van der Waals surface area contributed by atoms with Crippen LogP contribution in [0.2, 0.25) is 0 Å². The molecule has 0 saturated carbocycles. The summed E-state index contributed by atoms with van der Waals surface area (Å²) in [7, 11) is 3.52. The standard InChI is InChI=1S/C22H28N4O2/c1-27-15-20-5-3-11-25(20)22(26-12-4-6-21(26)16-28-2)18-9-7-17(8-10-18)19(13-23)14-24/h7-10,20-21H,3-6,11-12,15-16H2,1-2H3/t20-,21-/m0/s1. The van der Waals surface area contributed by atoms with Crippen molar-refractivity contribution < 1.29 is 9.47 Å². The zero-order chi connectivity index (χ0) is 19.9. The summed E-state index contributed by atoms with van der Waals surface area (Å²) in [4.78, 5) is 4.96. The molecule has 0 N–H and O–H groups in total. The Morgan fingerprint density at radius 1 is 0.893 bits per heavy atom. The van der Waals surface area contributed by atoms with Crippen LogP contribution in [0.25, 0.3) is 11.4 Å². The van der Waals surface area contributed by atoms with E-state index in [1.54, 1.807) is 14.2 Å². The Morgan fingerprint density at radius 2 is 1.36 bits per heavy atom. The summed E-state index contributed by atoms with van der Waals surface area (Å²) >= 11 is 0. The van der Waals surface area contributed by atoms with Crippen LogP contribution in [0.5, 0.6) is 0 Å². The lowest BCUT2D eigenvalue weighted by molar-refractivity contribution is 0.110. The molecule has 0 bridgehead atoms. The molecule has 2 aliphatic rings. The van der Waals surface area contributed by atoms with E-state index in [2.05, 4.69) is 9.80 Å². The second-order valence-corrected chi connectivity index (χ2v) is 7.39. The molecule has 6 heteroatoms. The lowest BCUT2D eigenvalue weighted by Gasteiger charge is -2.38. The van der Waals surface area contributed by atoms with Crippen molar-refractivity contribution in [2.45, 2.75) is 37.8 Å². The van der Waals surface area contributed by atoms with E-state index in [4.69, 9.17) is 20.0 Å². The minimum Gasteiger partial charge on any atom is -0.383 e. The highest BCUT2D eigenvalue weighted by Crippen LogP contribution is 2.30. The maximum Gasteiger partial charge on any atom is 0.136 e. The molecule has 2 aliphatic heterocycles. The van der Waals surface area contributed by atoms with E-state index in [9.17, 15) is 0 Å². The third kappa shape index (κ3) is 4.14. The fourth-order valence-corrected chi connectivity index (χ4v) is 4.40. The molecule has 0 aliphatic carbocycles. The molecular formula is C22H28N4O2. The zero-order valence-corrected chi connectivity index (χ0v) is 16.7. The number of methoxy groups -OCH3 is 2. The van der Waals surface area contributed by atoms with Crippen LogP contribution in [0.1, 0.15) is 25.7 Å². The van der Waals surface area contributed by atoms with Gasteiger partial charge < -0.3 is 19.3 Å². The highest BCUT2D eigenvalue weighted by molar-refractivity contribution is 5.72. The SMILES string of the molecule is COC[C@@H]1CCCN1C(=c1ccc(=C(C#N)C#N)cc1)N1CCC[C@H]1COC. The van der Waals surface area contributed by atoms with E-state index in [-0.39, 0.29) is 5.57 Å².